The molecule has 32 heavy (non-hydrogen) atoms. The summed E-state index contributed by atoms with van der Waals surface area (Å²) in [6.07, 6.45) is 0. The summed E-state index contributed by atoms with van der Waals surface area (Å²) < 4.78 is 39.2. The maximum absolute atomic E-state index is 13.0. The summed E-state index contributed by atoms with van der Waals surface area (Å²) in [7, 11) is -4.01. The quantitative estimate of drug-likeness (QED) is 0.554. The van der Waals surface area contributed by atoms with Crippen LogP contribution in [-0.2, 0) is 16.6 Å². The number of fused-ring (bicyclic) bond motifs is 1. The van der Waals surface area contributed by atoms with Crippen LogP contribution in [0.4, 0.5) is 5.69 Å². The van der Waals surface area contributed by atoms with Gasteiger partial charge in [-0.25, -0.2) is 8.42 Å². The van der Waals surface area contributed by atoms with Crippen molar-refractivity contribution >= 4 is 33.2 Å². The van der Waals surface area contributed by atoms with E-state index in [0.29, 0.717) is 17.2 Å². The van der Waals surface area contributed by atoms with Crippen molar-refractivity contribution in [2.45, 2.75) is 25.3 Å². The highest BCUT2D eigenvalue weighted by molar-refractivity contribution is 7.92. The summed E-state index contributed by atoms with van der Waals surface area (Å²) in [5.74, 6) is 0.848. The number of carbonyl (C=O) groups excluding carboxylic acids is 1. The van der Waals surface area contributed by atoms with Gasteiger partial charge in [0.1, 0.15) is 4.90 Å². The first-order valence-electron chi connectivity index (χ1n) is 9.80. The van der Waals surface area contributed by atoms with Gasteiger partial charge in [-0.05, 0) is 66.9 Å². The van der Waals surface area contributed by atoms with Gasteiger partial charge in [0.2, 0.25) is 6.79 Å². The number of hydrogen-bond acceptors (Lipinski definition) is 5. The molecule has 9 heteroatoms. The van der Waals surface area contributed by atoms with Crippen molar-refractivity contribution in [2.24, 2.45) is 0 Å². The molecular weight excluding hydrogens is 452 g/mol. The first-order chi connectivity index (χ1) is 15.2. The molecule has 0 radical (unpaired) electrons. The molecule has 0 atom stereocenters. The minimum Gasteiger partial charge on any atom is -0.454 e. The highest BCUT2D eigenvalue weighted by Gasteiger charge is 2.21. The molecule has 0 bridgehead atoms. The number of rotatable bonds is 6. The van der Waals surface area contributed by atoms with E-state index in [4.69, 9.17) is 21.1 Å². The molecule has 0 fully saturated rings. The van der Waals surface area contributed by atoms with Crippen molar-refractivity contribution in [3.8, 4) is 11.5 Å². The van der Waals surface area contributed by atoms with Gasteiger partial charge in [-0.2, -0.15) is 0 Å². The second kappa shape index (κ2) is 8.72. The van der Waals surface area contributed by atoms with E-state index in [2.05, 4.69) is 10.0 Å². The van der Waals surface area contributed by atoms with Gasteiger partial charge >= 0.3 is 0 Å². The summed E-state index contributed by atoms with van der Waals surface area (Å²) >= 11 is 6.17. The molecule has 1 aliphatic heterocycles. The second-order valence-electron chi connectivity index (χ2n) is 7.37. The van der Waals surface area contributed by atoms with Gasteiger partial charge in [0.15, 0.2) is 11.5 Å². The fraction of sp³-hybridized carbons (Fsp3) is 0.174. The number of hydrogen-bond donors (Lipinski definition) is 2. The Bertz CT molecular complexity index is 1310. The maximum Gasteiger partial charge on any atom is 0.263 e. The Labute approximate surface area is 191 Å². The Morgan fingerprint density at radius 1 is 1.03 bits per heavy atom. The Hall–Kier alpha value is -3.23. The predicted octanol–water partition coefficient (Wildman–Crippen LogP) is 4.42. The van der Waals surface area contributed by atoms with Gasteiger partial charge in [0.25, 0.3) is 15.9 Å². The topological polar surface area (TPSA) is 93.7 Å². The van der Waals surface area contributed by atoms with Crippen LogP contribution >= 0.6 is 11.6 Å². The molecular formula is C23H21ClN2O5S. The number of sulfonamides is 1. The van der Waals surface area contributed by atoms with Crippen LogP contribution in [0.1, 0.15) is 27.0 Å². The fourth-order valence-corrected chi connectivity index (χ4v) is 4.90. The fourth-order valence-electron chi connectivity index (χ4n) is 3.25. The minimum absolute atomic E-state index is 0.0233. The Morgan fingerprint density at radius 2 is 1.81 bits per heavy atom. The number of ether oxygens (including phenoxy) is 2. The van der Waals surface area contributed by atoms with Crippen molar-refractivity contribution in [1.82, 2.24) is 5.32 Å². The van der Waals surface area contributed by atoms with Crippen LogP contribution in [0.2, 0.25) is 5.02 Å². The smallest absolute Gasteiger partial charge is 0.263 e. The van der Waals surface area contributed by atoms with Gasteiger partial charge in [-0.1, -0.05) is 29.8 Å². The largest absolute Gasteiger partial charge is 0.454 e. The standard InChI is InChI=1S/C23H21ClN2O5S/c1-14-4-3-5-19(15(14)2)26-32(28,29)22-11-17(7-8-18(22)24)23(27)25-12-16-6-9-20-21(10-16)31-13-30-20/h3-11,26H,12-13H2,1-2H3,(H,25,27). The molecule has 0 saturated carbocycles. The third-order valence-electron chi connectivity index (χ3n) is 5.22. The average Bonchev–Trinajstić information content (AvgIpc) is 3.23. The summed E-state index contributed by atoms with van der Waals surface area (Å²) in [6.45, 7) is 4.13. The minimum atomic E-state index is -4.01. The van der Waals surface area contributed by atoms with Crippen LogP contribution in [0.5, 0.6) is 11.5 Å². The lowest BCUT2D eigenvalue weighted by molar-refractivity contribution is 0.0950. The Kier molecular flexibility index (Phi) is 5.99. The molecule has 0 aromatic heterocycles. The van der Waals surface area contributed by atoms with Gasteiger partial charge in [-0.3, -0.25) is 9.52 Å². The molecule has 1 aliphatic rings. The highest BCUT2D eigenvalue weighted by atomic mass is 35.5. The number of benzene rings is 3. The molecule has 4 rings (SSSR count). The lowest BCUT2D eigenvalue weighted by atomic mass is 10.1. The van der Waals surface area contributed by atoms with Crippen LogP contribution in [0.25, 0.3) is 0 Å². The molecule has 0 saturated heterocycles. The lowest BCUT2D eigenvalue weighted by Crippen LogP contribution is -2.23. The highest BCUT2D eigenvalue weighted by Crippen LogP contribution is 2.32. The average molecular weight is 473 g/mol. The van der Waals surface area contributed by atoms with Crippen LogP contribution in [0.3, 0.4) is 0 Å². The van der Waals surface area contributed by atoms with E-state index in [1.54, 1.807) is 24.3 Å². The summed E-state index contributed by atoms with van der Waals surface area (Å²) in [5.41, 5.74) is 3.22. The van der Waals surface area contributed by atoms with E-state index >= 15 is 0 Å². The zero-order chi connectivity index (χ0) is 22.9. The van der Waals surface area contributed by atoms with E-state index in [1.807, 2.05) is 26.0 Å². The second-order valence-corrected chi connectivity index (χ2v) is 9.43. The molecule has 166 valence electrons. The predicted molar refractivity (Wildman–Crippen MR) is 122 cm³/mol. The zero-order valence-electron chi connectivity index (χ0n) is 17.4. The summed E-state index contributed by atoms with van der Waals surface area (Å²) in [4.78, 5) is 12.5. The van der Waals surface area contributed by atoms with Crippen LogP contribution in [0.15, 0.2) is 59.5 Å². The SMILES string of the molecule is Cc1cccc(NS(=O)(=O)c2cc(C(=O)NCc3ccc4c(c3)OCO4)ccc2Cl)c1C. The van der Waals surface area contributed by atoms with Gasteiger partial charge in [0, 0.05) is 12.1 Å². The van der Waals surface area contributed by atoms with Crippen LogP contribution < -0.4 is 19.5 Å². The number of carbonyl (C=O) groups is 1. The van der Waals surface area contributed by atoms with Gasteiger partial charge < -0.3 is 14.8 Å². The molecule has 7 nitrogen and oxygen atoms in total. The third kappa shape index (κ3) is 4.51. The van der Waals surface area contributed by atoms with Crippen molar-refractivity contribution in [1.29, 1.82) is 0 Å². The Balaban J connectivity index is 1.52. The van der Waals surface area contributed by atoms with E-state index in [-0.39, 0.29) is 28.8 Å². The third-order valence-corrected chi connectivity index (χ3v) is 7.07. The molecule has 0 aliphatic carbocycles. The lowest BCUT2D eigenvalue weighted by Gasteiger charge is -2.14. The first-order valence-corrected chi connectivity index (χ1v) is 11.7. The maximum atomic E-state index is 13.0. The molecule has 3 aromatic carbocycles. The van der Waals surface area contributed by atoms with E-state index in [0.717, 1.165) is 16.7 Å². The normalized spacial score (nSPS) is 12.5. The van der Waals surface area contributed by atoms with Crippen LogP contribution in [0, 0.1) is 13.8 Å². The number of anilines is 1. The monoisotopic (exact) mass is 472 g/mol. The van der Waals surface area contributed by atoms with Crippen molar-refractivity contribution in [3.05, 3.63) is 81.9 Å². The first kappa shape index (κ1) is 22.0. The molecule has 2 N–H and O–H groups in total. The summed E-state index contributed by atoms with van der Waals surface area (Å²) in [6, 6.07) is 14.9. The van der Waals surface area contributed by atoms with E-state index in [9.17, 15) is 13.2 Å². The number of amides is 1. The van der Waals surface area contributed by atoms with Crippen LogP contribution in [-0.4, -0.2) is 21.1 Å². The number of halogens is 1. The molecule has 1 heterocycles. The number of aryl methyl sites for hydroxylation is 1. The number of nitrogens with one attached hydrogen (secondary N) is 2. The molecule has 3 aromatic rings. The molecule has 1 amide bonds. The van der Waals surface area contributed by atoms with Gasteiger partial charge in [-0.15, -0.1) is 0 Å². The molecule has 0 spiro atoms. The Morgan fingerprint density at radius 3 is 2.62 bits per heavy atom. The van der Waals surface area contributed by atoms with Gasteiger partial charge in [0.05, 0.1) is 10.7 Å². The molecule has 0 unspecified atom stereocenters. The van der Waals surface area contributed by atoms with E-state index in [1.165, 1.54) is 18.2 Å². The summed E-state index contributed by atoms with van der Waals surface area (Å²) in [5, 5.41) is 2.80. The zero-order valence-corrected chi connectivity index (χ0v) is 19.0. The van der Waals surface area contributed by atoms with Crippen molar-refractivity contribution in [2.75, 3.05) is 11.5 Å². The van der Waals surface area contributed by atoms with Crippen molar-refractivity contribution in [3.63, 3.8) is 0 Å². The van der Waals surface area contributed by atoms with Crippen molar-refractivity contribution < 1.29 is 22.7 Å². The van der Waals surface area contributed by atoms with E-state index < -0.39 is 15.9 Å².